The molecule has 64 valence electrons. The molecule has 1 heterocycles. The van der Waals surface area contributed by atoms with E-state index in [4.69, 9.17) is 0 Å². The van der Waals surface area contributed by atoms with Gasteiger partial charge in [-0.1, -0.05) is 0 Å². The van der Waals surface area contributed by atoms with Gasteiger partial charge in [-0.25, -0.2) is 4.98 Å². The molecule has 1 aliphatic carbocycles. The van der Waals surface area contributed by atoms with Gasteiger partial charge in [0.05, 0.1) is 12.5 Å². The van der Waals surface area contributed by atoms with E-state index in [0.717, 1.165) is 12.8 Å². The number of carbonyl (C=O) groups is 1. The first-order valence-corrected chi connectivity index (χ1v) is 4.00. The van der Waals surface area contributed by atoms with Gasteiger partial charge >= 0.3 is 0 Å². The van der Waals surface area contributed by atoms with Crippen LogP contribution in [0.2, 0.25) is 0 Å². The van der Waals surface area contributed by atoms with Crippen LogP contribution in [0.15, 0.2) is 12.5 Å². The highest BCUT2D eigenvalue weighted by atomic mass is 16.2. The van der Waals surface area contributed by atoms with Crippen molar-refractivity contribution in [2.45, 2.75) is 25.3 Å². The summed E-state index contributed by atoms with van der Waals surface area (Å²) >= 11 is 0. The fraction of sp³-hybridized carbons (Fsp3) is 0.500. The van der Waals surface area contributed by atoms with Gasteiger partial charge in [-0.2, -0.15) is 0 Å². The number of carbonyl (C=O) groups excluding carboxylic acids is 1. The van der Waals surface area contributed by atoms with Gasteiger partial charge in [-0.05, 0) is 19.8 Å². The molecule has 0 aromatic carbocycles. The van der Waals surface area contributed by atoms with Gasteiger partial charge in [-0.3, -0.25) is 4.79 Å². The number of nitrogens with one attached hydrogen (secondary N) is 2. The molecular formula is C8H11N3O. The highest BCUT2D eigenvalue weighted by molar-refractivity contribution is 5.92. The number of H-pyrrole nitrogens is 1. The van der Waals surface area contributed by atoms with E-state index in [1.54, 1.807) is 0 Å². The minimum absolute atomic E-state index is 0.0438. The molecule has 1 aromatic heterocycles. The Kier molecular flexibility index (Phi) is 1.43. The second-order valence-corrected chi connectivity index (χ2v) is 3.48. The Balaban J connectivity index is 2.02. The molecule has 0 spiro atoms. The molecule has 2 rings (SSSR count). The van der Waals surface area contributed by atoms with E-state index in [0.29, 0.717) is 5.69 Å². The molecule has 4 heteroatoms. The van der Waals surface area contributed by atoms with Gasteiger partial charge < -0.3 is 10.3 Å². The van der Waals surface area contributed by atoms with Crippen molar-refractivity contribution in [3.05, 3.63) is 18.2 Å². The van der Waals surface area contributed by atoms with Crippen LogP contribution in [0.25, 0.3) is 0 Å². The quantitative estimate of drug-likeness (QED) is 0.677. The SMILES string of the molecule is CC1(NC(=O)c2cnc[nH]2)CC1. The molecule has 12 heavy (non-hydrogen) atoms. The van der Waals surface area contributed by atoms with E-state index in [9.17, 15) is 4.79 Å². The summed E-state index contributed by atoms with van der Waals surface area (Å²) in [7, 11) is 0. The molecule has 1 saturated carbocycles. The number of imidazole rings is 1. The average molecular weight is 165 g/mol. The van der Waals surface area contributed by atoms with Crippen LogP contribution < -0.4 is 5.32 Å². The van der Waals surface area contributed by atoms with Gasteiger partial charge in [0.2, 0.25) is 0 Å². The van der Waals surface area contributed by atoms with Crippen molar-refractivity contribution in [2.24, 2.45) is 0 Å². The molecule has 0 bridgehead atoms. The standard InChI is InChI=1S/C8H11N3O/c1-8(2-3-8)11-7(12)6-4-9-5-10-6/h4-5H,2-3H2,1H3,(H,9,10)(H,11,12). The van der Waals surface area contributed by atoms with Crippen LogP contribution in [0.4, 0.5) is 0 Å². The highest BCUT2D eigenvalue weighted by Crippen LogP contribution is 2.34. The van der Waals surface area contributed by atoms with Gasteiger partial charge in [0.15, 0.2) is 0 Å². The Morgan fingerprint density at radius 2 is 2.50 bits per heavy atom. The van der Waals surface area contributed by atoms with Gasteiger partial charge in [-0.15, -0.1) is 0 Å². The Labute approximate surface area is 70.4 Å². The van der Waals surface area contributed by atoms with Crippen LogP contribution in [-0.2, 0) is 0 Å². The maximum atomic E-state index is 11.4. The maximum absolute atomic E-state index is 11.4. The first kappa shape index (κ1) is 7.34. The third-order valence-corrected chi connectivity index (χ3v) is 2.16. The summed E-state index contributed by atoms with van der Waals surface area (Å²) in [5, 5.41) is 2.92. The van der Waals surface area contributed by atoms with Gasteiger partial charge in [0, 0.05) is 5.54 Å². The van der Waals surface area contributed by atoms with Crippen LogP contribution >= 0.6 is 0 Å². The lowest BCUT2D eigenvalue weighted by molar-refractivity contribution is 0.0931. The molecule has 0 atom stereocenters. The monoisotopic (exact) mass is 165 g/mol. The fourth-order valence-corrected chi connectivity index (χ4v) is 1.03. The number of aromatic amines is 1. The van der Waals surface area contributed by atoms with Gasteiger partial charge in [0.1, 0.15) is 5.69 Å². The fourth-order valence-electron chi connectivity index (χ4n) is 1.03. The number of nitrogens with zero attached hydrogens (tertiary/aromatic N) is 1. The van der Waals surface area contributed by atoms with E-state index < -0.39 is 0 Å². The van der Waals surface area contributed by atoms with E-state index >= 15 is 0 Å². The molecule has 1 fully saturated rings. The molecule has 4 nitrogen and oxygen atoms in total. The summed E-state index contributed by atoms with van der Waals surface area (Å²) in [6.07, 6.45) is 5.19. The van der Waals surface area contributed by atoms with Crippen molar-refractivity contribution in [3.8, 4) is 0 Å². The number of aromatic nitrogens is 2. The predicted molar refractivity (Wildman–Crippen MR) is 43.7 cm³/mol. The molecule has 2 N–H and O–H groups in total. The van der Waals surface area contributed by atoms with Crippen molar-refractivity contribution in [2.75, 3.05) is 0 Å². The van der Waals surface area contributed by atoms with Gasteiger partial charge in [0.25, 0.3) is 5.91 Å². The maximum Gasteiger partial charge on any atom is 0.269 e. The molecule has 1 aliphatic rings. The molecule has 0 unspecified atom stereocenters. The van der Waals surface area contributed by atoms with Crippen LogP contribution in [0, 0.1) is 0 Å². The van der Waals surface area contributed by atoms with Crippen molar-refractivity contribution >= 4 is 5.91 Å². The van der Waals surface area contributed by atoms with Crippen LogP contribution in [0.3, 0.4) is 0 Å². The lowest BCUT2D eigenvalue weighted by Gasteiger charge is -2.09. The molecule has 0 radical (unpaired) electrons. The van der Waals surface area contributed by atoms with Crippen molar-refractivity contribution in [1.29, 1.82) is 0 Å². The van der Waals surface area contributed by atoms with E-state index in [1.807, 2.05) is 6.92 Å². The topological polar surface area (TPSA) is 57.8 Å². The third-order valence-electron chi connectivity index (χ3n) is 2.16. The first-order chi connectivity index (χ1) is 5.70. The molecule has 0 saturated heterocycles. The second-order valence-electron chi connectivity index (χ2n) is 3.48. The van der Waals surface area contributed by atoms with E-state index in [-0.39, 0.29) is 11.4 Å². The minimum Gasteiger partial charge on any atom is -0.346 e. The average Bonchev–Trinajstić information content (AvgIpc) is 2.55. The summed E-state index contributed by atoms with van der Waals surface area (Å²) in [5.74, 6) is -0.0625. The zero-order valence-corrected chi connectivity index (χ0v) is 6.92. The number of amides is 1. The zero-order chi connectivity index (χ0) is 8.60. The zero-order valence-electron chi connectivity index (χ0n) is 6.92. The third kappa shape index (κ3) is 1.32. The second kappa shape index (κ2) is 2.33. The molecular weight excluding hydrogens is 154 g/mol. The van der Waals surface area contributed by atoms with E-state index in [2.05, 4.69) is 15.3 Å². The van der Waals surface area contributed by atoms with Crippen molar-refractivity contribution < 1.29 is 4.79 Å². The summed E-state index contributed by atoms with van der Waals surface area (Å²) in [5.41, 5.74) is 0.575. The Hall–Kier alpha value is -1.32. The largest absolute Gasteiger partial charge is 0.346 e. The van der Waals surface area contributed by atoms with Crippen LogP contribution in [-0.4, -0.2) is 21.4 Å². The Morgan fingerprint density at radius 3 is 3.00 bits per heavy atom. The van der Waals surface area contributed by atoms with Crippen LogP contribution in [0.5, 0.6) is 0 Å². The van der Waals surface area contributed by atoms with Crippen molar-refractivity contribution in [3.63, 3.8) is 0 Å². The minimum atomic E-state index is -0.0625. The number of rotatable bonds is 2. The van der Waals surface area contributed by atoms with Crippen molar-refractivity contribution in [1.82, 2.24) is 15.3 Å². The Bertz CT molecular complexity index is 287. The van der Waals surface area contributed by atoms with E-state index in [1.165, 1.54) is 12.5 Å². The number of hydrogen-bond donors (Lipinski definition) is 2. The normalized spacial score (nSPS) is 18.8. The summed E-state index contributed by atoms with van der Waals surface area (Å²) < 4.78 is 0. The first-order valence-electron chi connectivity index (χ1n) is 4.00. The molecule has 1 aromatic rings. The lowest BCUT2D eigenvalue weighted by Crippen LogP contribution is -2.34. The summed E-state index contributed by atoms with van der Waals surface area (Å²) in [6.45, 7) is 2.04. The number of hydrogen-bond acceptors (Lipinski definition) is 2. The lowest BCUT2D eigenvalue weighted by atomic mass is 10.3. The predicted octanol–water partition coefficient (Wildman–Crippen LogP) is 0.692. The molecule has 1 amide bonds. The smallest absolute Gasteiger partial charge is 0.269 e. The summed E-state index contributed by atoms with van der Waals surface area (Å²) in [6, 6.07) is 0. The highest BCUT2D eigenvalue weighted by Gasteiger charge is 2.38. The Morgan fingerprint density at radius 1 is 1.75 bits per heavy atom. The molecule has 0 aliphatic heterocycles. The summed E-state index contributed by atoms with van der Waals surface area (Å²) in [4.78, 5) is 17.9. The van der Waals surface area contributed by atoms with Crippen LogP contribution in [0.1, 0.15) is 30.3 Å².